The highest BCUT2D eigenvalue weighted by Gasteiger charge is 2.20. The van der Waals surface area contributed by atoms with E-state index in [0.717, 1.165) is 43.5 Å². The maximum atomic E-state index is 12.3. The Labute approximate surface area is 140 Å². The summed E-state index contributed by atoms with van der Waals surface area (Å²) >= 11 is 0. The van der Waals surface area contributed by atoms with Crippen LogP contribution >= 0.6 is 0 Å². The zero-order valence-electron chi connectivity index (χ0n) is 14.4. The smallest absolute Gasteiger partial charge is 0.277 e. The van der Waals surface area contributed by atoms with E-state index in [9.17, 15) is 4.79 Å². The lowest BCUT2D eigenvalue weighted by Gasteiger charge is -2.32. The van der Waals surface area contributed by atoms with E-state index in [1.807, 2.05) is 13.8 Å². The van der Waals surface area contributed by atoms with Crippen molar-refractivity contribution in [2.24, 2.45) is 7.05 Å². The average molecular weight is 330 g/mol. The zero-order chi connectivity index (χ0) is 17.3. The predicted octanol–water partition coefficient (Wildman–Crippen LogP) is 0.226. The molecule has 9 heteroatoms. The van der Waals surface area contributed by atoms with E-state index in [1.165, 1.54) is 4.68 Å². The molecule has 1 aliphatic heterocycles. The van der Waals surface area contributed by atoms with E-state index < -0.39 is 0 Å². The monoisotopic (exact) mass is 330 g/mol. The van der Waals surface area contributed by atoms with E-state index in [4.69, 9.17) is 0 Å². The first kappa shape index (κ1) is 16.3. The van der Waals surface area contributed by atoms with Crippen LogP contribution in [0.1, 0.15) is 21.9 Å². The Kier molecular flexibility index (Phi) is 4.43. The molecule has 0 unspecified atom stereocenters. The zero-order valence-corrected chi connectivity index (χ0v) is 14.4. The molecule has 1 N–H and O–H groups in total. The molecule has 0 aliphatic carbocycles. The number of carbonyl (C=O) groups excluding carboxylic acids is 1. The Bertz CT molecular complexity index is 725. The molecule has 0 saturated carbocycles. The van der Waals surface area contributed by atoms with Gasteiger partial charge in [-0.25, -0.2) is 9.97 Å². The molecule has 128 valence electrons. The number of amides is 1. The van der Waals surface area contributed by atoms with Crippen molar-refractivity contribution in [1.82, 2.24) is 29.9 Å². The molecule has 1 amide bonds. The number of nitrogens with zero attached hydrogens (tertiary/aromatic N) is 7. The van der Waals surface area contributed by atoms with Gasteiger partial charge in [0.15, 0.2) is 5.69 Å². The molecule has 3 heterocycles. The Morgan fingerprint density at radius 3 is 2.25 bits per heavy atom. The molecule has 0 atom stereocenters. The van der Waals surface area contributed by atoms with Gasteiger partial charge in [-0.2, -0.15) is 0 Å². The molecule has 9 nitrogen and oxygen atoms in total. The molecule has 1 saturated heterocycles. The first-order chi connectivity index (χ1) is 11.4. The van der Waals surface area contributed by atoms with Gasteiger partial charge in [-0.1, -0.05) is 5.21 Å². The summed E-state index contributed by atoms with van der Waals surface area (Å²) in [5, 5.41) is 10.4. The fourth-order valence-corrected chi connectivity index (χ4v) is 2.66. The standard InChI is InChI=1S/C15H22N8O/c1-10-13(18-14(24)12-9-22(4)20-19-12)11(2)17-15(16-10)23-7-5-21(3)6-8-23/h9H,5-8H2,1-4H3,(H,18,24). The fraction of sp³-hybridized carbons (Fsp3) is 0.533. The van der Waals surface area contributed by atoms with E-state index in [2.05, 4.69) is 42.4 Å². The van der Waals surface area contributed by atoms with Crippen molar-refractivity contribution in [3.8, 4) is 0 Å². The Balaban J connectivity index is 1.78. The molecule has 0 aromatic carbocycles. The normalized spacial score (nSPS) is 15.6. The minimum atomic E-state index is -0.315. The lowest BCUT2D eigenvalue weighted by molar-refractivity contribution is 0.102. The highest BCUT2D eigenvalue weighted by atomic mass is 16.2. The molecule has 1 aliphatic rings. The third kappa shape index (κ3) is 3.35. The molecule has 24 heavy (non-hydrogen) atoms. The number of rotatable bonds is 3. The van der Waals surface area contributed by atoms with Crippen LogP contribution in [0.3, 0.4) is 0 Å². The topological polar surface area (TPSA) is 92.1 Å². The summed E-state index contributed by atoms with van der Waals surface area (Å²) in [6.45, 7) is 7.54. The number of anilines is 2. The highest BCUT2D eigenvalue weighted by Crippen LogP contribution is 2.21. The minimum absolute atomic E-state index is 0.263. The Morgan fingerprint density at radius 2 is 1.71 bits per heavy atom. The van der Waals surface area contributed by atoms with Crippen LogP contribution in [0.5, 0.6) is 0 Å². The Hall–Kier alpha value is -2.55. The minimum Gasteiger partial charge on any atom is -0.338 e. The van der Waals surface area contributed by atoms with Gasteiger partial charge < -0.3 is 15.1 Å². The highest BCUT2D eigenvalue weighted by molar-refractivity contribution is 6.03. The lowest BCUT2D eigenvalue weighted by atomic mass is 10.2. The lowest BCUT2D eigenvalue weighted by Crippen LogP contribution is -2.45. The van der Waals surface area contributed by atoms with E-state index in [1.54, 1.807) is 13.2 Å². The molecule has 2 aromatic rings. The van der Waals surface area contributed by atoms with Crippen LogP contribution in [0.15, 0.2) is 6.20 Å². The molecular formula is C15H22N8O. The van der Waals surface area contributed by atoms with Crippen molar-refractivity contribution in [3.63, 3.8) is 0 Å². The number of piperazine rings is 1. The fourth-order valence-electron chi connectivity index (χ4n) is 2.66. The third-order valence-corrected chi connectivity index (χ3v) is 4.12. The largest absolute Gasteiger partial charge is 0.338 e. The number of aromatic nitrogens is 5. The average Bonchev–Trinajstić information content (AvgIpc) is 2.98. The first-order valence-electron chi connectivity index (χ1n) is 7.90. The second kappa shape index (κ2) is 6.52. The molecule has 3 rings (SSSR count). The summed E-state index contributed by atoms with van der Waals surface area (Å²) in [4.78, 5) is 25.9. The van der Waals surface area contributed by atoms with Crippen molar-refractivity contribution >= 4 is 17.5 Å². The molecule has 0 spiro atoms. The van der Waals surface area contributed by atoms with Gasteiger partial charge in [-0.05, 0) is 20.9 Å². The van der Waals surface area contributed by atoms with Crippen molar-refractivity contribution in [2.75, 3.05) is 43.4 Å². The van der Waals surface area contributed by atoms with E-state index in [-0.39, 0.29) is 11.6 Å². The van der Waals surface area contributed by atoms with Crippen LogP contribution in [-0.4, -0.2) is 69.0 Å². The number of hydrogen-bond acceptors (Lipinski definition) is 7. The van der Waals surface area contributed by atoms with Gasteiger partial charge in [-0.3, -0.25) is 9.48 Å². The van der Waals surface area contributed by atoms with Gasteiger partial charge in [0.2, 0.25) is 5.95 Å². The van der Waals surface area contributed by atoms with Gasteiger partial charge in [-0.15, -0.1) is 5.10 Å². The number of aryl methyl sites for hydroxylation is 3. The SMILES string of the molecule is Cc1nc(N2CCN(C)CC2)nc(C)c1NC(=O)c1cn(C)nn1. The summed E-state index contributed by atoms with van der Waals surface area (Å²) in [6, 6.07) is 0. The van der Waals surface area contributed by atoms with Crippen molar-refractivity contribution in [3.05, 3.63) is 23.3 Å². The van der Waals surface area contributed by atoms with Gasteiger partial charge in [0, 0.05) is 33.2 Å². The summed E-state index contributed by atoms with van der Waals surface area (Å²) in [6.07, 6.45) is 1.57. The van der Waals surface area contributed by atoms with Crippen LogP contribution in [0.2, 0.25) is 0 Å². The quantitative estimate of drug-likeness (QED) is 0.861. The number of nitrogens with one attached hydrogen (secondary N) is 1. The van der Waals surface area contributed by atoms with Gasteiger partial charge in [0.25, 0.3) is 5.91 Å². The van der Waals surface area contributed by atoms with Crippen molar-refractivity contribution < 1.29 is 4.79 Å². The molecule has 0 bridgehead atoms. The Morgan fingerprint density at radius 1 is 1.08 bits per heavy atom. The summed E-state index contributed by atoms with van der Waals surface area (Å²) < 4.78 is 1.49. The number of hydrogen-bond donors (Lipinski definition) is 1. The number of carbonyl (C=O) groups is 1. The second-order valence-corrected chi connectivity index (χ2v) is 6.09. The second-order valence-electron chi connectivity index (χ2n) is 6.09. The van der Waals surface area contributed by atoms with Crippen molar-refractivity contribution in [2.45, 2.75) is 13.8 Å². The molecule has 2 aromatic heterocycles. The van der Waals surface area contributed by atoms with E-state index >= 15 is 0 Å². The van der Waals surface area contributed by atoms with Crippen LogP contribution in [-0.2, 0) is 7.05 Å². The maximum Gasteiger partial charge on any atom is 0.277 e. The van der Waals surface area contributed by atoms with Gasteiger partial charge >= 0.3 is 0 Å². The third-order valence-electron chi connectivity index (χ3n) is 4.12. The molecular weight excluding hydrogens is 308 g/mol. The first-order valence-corrected chi connectivity index (χ1v) is 7.90. The number of likely N-dealkylation sites (N-methyl/N-ethyl adjacent to an activating group) is 1. The predicted molar refractivity (Wildman–Crippen MR) is 90.2 cm³/mol. The summed E-state index contributed by atoms with van der Waals surface area (Å²) in [5.41, 5.74) is 2.38. The van der Waals surface area contributed by atoms with Gasteiger partial charge in [0.05, 0.1) is 23.3 Å². The molecule has 0 radical (unpaired) electrons. The van der Waals surface area contributed by atoms with Crippen LogP contribution in [0, 0.1) is 13.8 Å². The van der Waals surface area contributed by atoms with Crippen LogP contribution < -0.4 is 10.2 Å². The van der Waals surface area contributed by atoms with Crippen LogP contribution in [0.4, 0.5) is 11.6 Å². The van der Waals surface area contributed by atoms with Crippen molar-refractivity contribution in [1.29, 1.82) is 0 Å². The molecule has 1 fully saturated rings. The van der Waals surface area contributed by atoms with Gasteiger partial charge in [0.1, 0.15) is 0 Å². The summed E-state index contributed by atoms with van der Waals surface area (Å²) in [7, 11) is 3.83. The maximum absolute atomic E-state index is 12.3. The van der Waals surface area contributed by atoms with Crippen LogP contribution in [0.25, 0.3) is 0 Å². The summed E-state index contributed by atoms with van der Waals surface area (Å²) in [5.74, 6) is 0.404. The van der Waals surface area contributed by atoms with E-state index in [0.29, 0.717) is 5.69 Å².